The Morgan fingerprint density at radius 1 is 1.41 bits per heavy atom. The fourth-order valence-corrected chi connectivity index (χ4v) is 1.29. The first-order valence-corrected chi connectivity index (χ1v) is 5.77. The van der Waals surface area contributed by atoms with Crippen LogP contribution in [-0.2, 0) is 11.3 Å². The van der Waals surface area contributed by atoms with Crippen LogP contribution in [0.25, 0.3) is 0 Å². The Morgan fingerprint density at radius 2 is 2.12 bits per heavy atom. The van der Waals surface area contributed by atoms with E-state index < -0.39 is 6.09 Å². The summed E-state index contributed by atoms with van der Waals surface area (Å²) in [4.78, 5) is 11.3. The lowest BCUT2D eigenvalue weighted by Crippen LogP contribution is -2.26. The normalized spacial score (nSPS) is 11.9. The fraction of sp³-hybridized carbons (Fsp3) is 0.462. The summed E-state index contributed by atoms with van der Waals surface area (Å²) in [6.07, 6.45) is 0.329. The number of alkyl carbamates (subject to hydrolysis) is 1. The average molecular weight is 237 g/mol. The fourth-order valence-electron chi connectivity index (χ4n) is 1.29. The molecule has 2 N–H and O–H groups in total. The van der Waals surface area contributed by atoms with E-state index in [2.05, 4.69) is 5.32 Å². The van der Waals surface area contributed by atoms with Gasteiger partial charge in [-0.25, -0.2) is 4.79 Å². The Hall–Kier alpha value is -1.55. The predicted octanol–water partition coefficient (Wildman–Crippen LogP) is 1.93. The number of hydrogen-bond acceptors (Lipinski definition) is 3. The molecular weight excluding hydrogens is 218 g/mol. The SMILES string of the molecule is C[C@H](CO)CCNC(=O)OCc1ccccc1. The van der Waals surface area contributed by atoms with Crippen molar-refractivity contribution in [3.05, 3.63) is 35.9 Å². The maximum Gasteiger partial charge on any atom is 0.407 e. The molecule has 0 fully saturated rings. The van der Waals surface area contributed by atoms with Crippen molar-refractivity contribution in [3.8, 4) is 0 Å². The molecule has 1 aromatic rings. The van der Waals surface area contributed by atoms with Gasteiger partial charge in [0.05, 0.1) is 0 Å². The number of carbonyl (C=O) groups is 1. The van der Waals surface area contributed by atoms with Gasteiger partial charge in [-0.15, -0.1) is 0 Å². The van der Waals surface area contributed by atoms with E-state index in [9.17, 15) is 4.79 Å². The zero-order valence-corrected chi connectivity index (χ0v) is 10.1. The molecule has 17 heavy (non-hydrogen) atoms. The number of aliphatic hydroxyl groups is 1. The molecule has 0 saturated heterocycles. The summed E-state index contributed by atoms with van der Waals surface area (Å²) < 4.78 is 5.03. The van der Waals surface area contributed by atoms with E-state index in [1.807, 2.05) is 37.3 Å². The lowest BCUT2D eigenvalue weighted by Gasteiger charge is -2.09. The summed E-state index contributed by atoms with van der Waals surface area (Å²) in [5.74, 6) is 0.199. The summed E-state index contributed by atoms with van der Waals surface area (Å²) in [6, 6.07) is 9.53. The largest absolute Gasteiger partial charge is 0.445 e. The molecule has 0 unspecified atom stereocenters. The second kappa shape index (κ2) is 7.68. The first-order chi connectivity index (χ1) is 8.22. The van der Waals surface area contributed by atoms with Crippen LogP contribution >= 0.6 is 0 Å². The van der Waals surface area contributed by atoms with E-state index >= 15 is 0 Å². The number of rotatable bonds is 6. The molecule has 0 aliphatic carbocycles. The minimum Gasteiger partial charge on any atom is -0.445 e. The van der Waals surface area contributed by atoms with Crippen LogP contribution in [0.15, 0.2) is 30.3 Å². The van der Waals surface area contributed by atoms with E-state index in [0.29, 0.717) is 6.54 Å². The molecular formula is C13H19NO3. The quantitative estimate of drug-likeness (QED) is 0.794. The van der Waals surface area contributed by atoms with Crippen molar-refractivity contribution in [3.63, 3.8) is 0 Å². The highest BCUT2D eigenvalue weighted by Gasteiger charge is 2.04. The summed E-state index contributed by atoms with van der Waals surface area (Å²) in [5.41, 5.74) is 0.964. The summed E-state index contributed by atoms with van der Waals surface area (Å²) in [7, 11) is 0. The van der Waals surface area contributed by atoms with Crippen molar-refractivity contribution in [2.75, 3.05) is 13.2 Å². The van der Waals surface area contributed by atoms with Crippen LogP contribution in [-0.4, -0.2) is 24.4 Å². The highest BCUT2D eigenvalue weighted by molar-refractivity contribution is 5.67. The van der Waals surface area contributed by atoms with Crippen LogP contribution in [0.1, 0.15) is 18.9 Å². The summed E-state index contributed by atoms with van der Waals surface area (Å²) in [6.45, 7) is 2.87. The Balaban J connectivity index is 2.13. The van der Waals surface area contributed by atoms with Gasteiger partial charge in [0, 0.05) is 13.2 Å². The Bertz CT molecular complexity index is 327. The molecule has 4 nitrogen and oxygen atoms in total. The van der Waals surface area contributed by atoms with Gasteiger partial charge in [0.2, 0.25) is 0 Å². The minimum atomic E-state index is -0.418. The highest BCUT2D eigenvalue weighted by atomic mass is 16.5. The van der Waals surface area contributed by atoms with Gasteiger partial charge in [-0.2, -0.15) is 0 Å². The van der Waals surface area contributed by atoms with Crippen LogP contribution in [0.3, 0.4) is 0 Å². The van der Waals surface area contributed by atoms with E-state index in [1.54, 1.807) is 0 Å². The smallest absolute Gasteiger partial charge is 0.407 e. The molecule has 0 aliphatic heterocycles. The summed E-state index contributed by atoms with van der Waals surface area (Å²) >= 11 is 0. The van der Waals surface area contributed by atoms with Gasteiger partial charge in [-0.1, -0.05) is 37.3 Å². The molecule has 94 valence electrons. The van der Waals surface area contributed by atoms with Gasteiger partial charge in [-0.05, 0) is 17.9 Å². The zero-order chi connectivity index (χ0) is 12.5. The first-order valence-electron chi connectivity index (χ1n) is 5.77. The van der Waals surface area contributed by atoms with Crippen LogP contribution in [0, 0.1) is 5.92 Å². The molecule has 1 rings (SSSR count). The predicted molar refractivity (Wildman–Crippen MR) is 65.5 cm³/mol. The Kier molecular flexibility index (Phi) is 6.10. The van der Waals surface area contributed by atoms with Crippen molar-refractivity contribution in [2.45, 2.75) is 20.0 Å². The third kappa shape index (κ3) is 5.92. The molecule has 0 spiro atoms. The molecule has 1 atom stereocenters. The second-order valence-corrected chi connectivity index (χ2v) is 4.06. The highest BCUT2D eigenvalue weighted by Crippen LogP contribution is 2.01. The van der Waals surface area contributed by atoms with Crippen molar-refractivity contribution in [1.29, 1.82) is 0 Å². The van der Waals surface area contributed by atoms with Gasteiger partial charge in [-0.3, -0.25) is 0 Å². The third-order valence-corrected chi connectivity index (χ3v) is 2.43. The maximum absolute atomic E-state index is 11.3. The van der Waals surface area contributed by atoms with Crippen LogP contribution in [0.5, 0.6) is 0 Å². The lowest BCUT2D eigenvalue weighted by molar-refractivity contribution is 0.138. The number of amides is 1. The molecule has 0 aromatic heterocycles. The van der Waals surface area contributed by atoms with Crippen molar-refractivity contribution in [2.24, 2.45) is 5.92 Å². The zero-order valence-electron chi connectivity index (χ0n) is 10.1. The maximum atomic E-state index is 11.3. The van der Waals surface area contributed by atoms with Crippen molar-refractivity contribution < 1.29 is 14.6 Å². The number of hydrogen-bond donors (Lipinski definition) is 2. The Morgan fingerprint density at radius 3 is 2.76 bits per heavy atom. The number of nitrogens with one attached hydrogen (secondary N) is 1. The van der Waals surface area contributed by atoms with Crippen LogP contribution in [0.2, 0.25) is 0 Å². The molecule has 0 aliphatic rings. The van der Waals surface area contributed by atoms with Crippen molar-refractivity contribution >= 4 is 6.09 Å². The molecule has 4 heteroatoms. The standard InChI is InChI=1S/C13H19NO3/c1-11(9-15)7-8-14-13(16)17-10-12-5-3-2-4-6-12/h2-6,11,15H,7-10H2,1H3,(H,14,16)/t11-/m0/s1. The van der Waals surface area contributed by atoms with Crippen LogP contribution in [0.4, 0.5) is 4.79 Å². The summed E-state index contributed by atoms with van der Waals surface area (Å²) in [5, 5.41) is 11.5. The van der Waals surface area contributed by atoms with Crippen LogP contribution < -0.4 is 5.32 Å². The van der Waals surface area contributed by atoms with Gasteiger partial charge < -0.3 is 15.2 Å². The number of carbonyl (C=O) groups excluding carboxylic acids is 1. The third-order valence-electron chi connectivity index (χ3n) is 2.43. The molecule has 1 amide bonds. The van der Waals surface area contributed by atoms with Gasteiger partial charge in [0.25, 0.3) is 0 Å². The minimum absolute atomic E-state index is 0.140. The number of ether oxygens (including phenoxy) is 1. The van der Waals surface area contributed by atoms with E-state index in [-0.39, 0.29) is 19.1 Å². The monoisotopic (exact) mass is 237 g/mol. The average Bonchev–Trinajstić information content (AvgIpc) is 2.37. The van der Waals surface area contributed by atoms with E-state index in [0.717, 1.165) is 12.0 Å². The Labute approximate surface area is 102 Å². The first kappa shape index (κ1) is 13.5. The van der Waals surface area contributed by atoms with Gasteiger partial charge in [0.15, 0.2) is 0 Å². The molecule has 0 heterocycles. The molecule has 1 aromatic carbocycles. The van der Waals surface area contributed by atoms with Gasteiger partial charge in [0.1, 0.15) is 6.61 Å². The topological polar surface area (TPSA) is 58.6 Å². The van der Waals surface area contributed by atoms with Gasteiger partial charge >= 0.3 is 6.09 Å². The molecule has 0 saturated carbocycles. The number of benzene rings is 1. The van der Waals surface area contributed by atoms with E-state index in [4.69, 9.17) is 9.84 Å². The lowest BCUT2D eigenvalue weighted by atomic mass is 10.1. The second-order valence-electron chi connectivity index (χ2n) is 4.06. The number of aliphatic hydroxyl groups excluding tert-OH is 1. The molecule has 0 bridgehead atoms. The molecule has 0 radical (unpaired) electrons. The van der Waals surface area contributed by atoms with Crippen molar-refractivity contribution in [1.82, 2.24) is 5.32 Å². The van der Waals surface area contributed by atoms with E-state index in [1.165, 1.54) is 0 Å².